The maximum absolute atomic E-state index is 12.9. The Balaban J connectivity index is 2.24. The number of ether oxygens (including phenoxy) is 4. The first-order chi connectivity index (χ1) is 14.3. The monoisotopic (exact) mass is 543 g/mol. The van der Waals surface area contributed by atoms with Gasteiger partial charge in [0.25, 0.3) is 5.91 Å². The van der Waals surface area contributed by atoms with Gasteiger partial charge in [0.2, 0.25) is 5.75 Å². The minimum absolute atomic E-state index is 0.108. The summed E-state index contributed by atoms with van der Waals surface area (Å²) in [5, 5.41) is 2.73. The number of methoxy groups -OCH3 is 3. The third-order valence-electron chi connectivity index (χ3n) is 4.35. The Morgan fingerprint density at radius 1 is 0.933 bits per heavy atom. The Morgan fingerprint density at radius 3 is 1.87 bits per heavy atom. The first kappa shape index (κ1) is 24.0. The van der Waals surface area contributed by atoms with Gasteiger partial charge in [-0.3, -0.25) is 4.79 Å². The smallest absolute Gasteiger partial charge is 0.341 e. The number of benzene rings is 2. The molecule has 2 aromatic rings. The van der Waals surface area contributed by atoms with Crippen LogP contribution in [0.15, 0.2) is 33.2 Å². The summed E-state index contributed by atoms with van der Waals surface area (Å²) < 4.78 is 22.0. The maximum Gasteiger partial charge on any atom is 0.341 e. The van der Waals surface area contributed by atoms with Crippen molar-refractivity contribution in [3.63, 3.8) is 0 Å². The van der Waals surface area contributed by atoms with Crippen molar-refractivity contribution in [3.8, 4) is 17.2 Å². The molecule has 0 heterocycles. The Morgan fingerprint density at radius 2 is 1.43 bits per heavy atom. The van der Waals surface area contributed by atoms with Crippen molar-refractivity contribution in [3.05, 3.63) is 44.3 Å². The second kappa shape index (κ2) is 10.7. The topological polar surface area (TPSA) is 83.1 Å². The molecule has 0 aromatic heterocycles. The number of amides is 1. The minimum Gasteiger partial charge on any atom is -0.492 e. The zero-order valence-corrected chi connectivity index (χ0v) is 20.5. The molecule has 2 aromatic carbocycles. The highest BCUT2D eigenvalue weighted by molar-refractivity contribution is 9.11. The van der Waals surface area contributed by atoms with E-state index in [1.807, 2.05) is 12.1 Å². The zero-order valence-electron chi connectivity index (χ0n) is 17.3. The maximum atomic E-state index is 12.9. The second-order valence-electron chi connectivity index (χ2n) is 6.19. The molecule has 0 bridgehead atoms. The molecule has 0 fully saturated rings. The molecular formula is C21H23Br2NO6. The molecule has 0 saturated carbocycles. The first-order valence-corrected chi connectivity index (χ1v) is 10.6. The van der Waals surface area contributed by atoms with E-state index in [4.69, 9.17) is 18.9 Å². The van der Waals surface area contributed by atoms with Crippen molar-refractivity contribution in [2.45, 2.75) is 26.4 Å². The molecule has 0 radical (unpaired) electrons. The fraction of sp³-hybridized carbons (Fsp3) is 0.333. The molecule has 0 saturated heterocycles. The van der Waals surface area contributed by atoms with Gasteiger partial charge in [0, 0.05) is 5.69 Å². The molecule has 162 valence electrons. The van der Waals surface area contributed by atoms with Crippen molar-refractivity contribution >= 4 is 49.4 Å². The van der Waals surface area contributed by atoms with Gasteiger partial charge in [-0.05, 0) is 62.9 Å². The minimum atomic E-state index is -1.04. The van der Waals surface area contributed by atoms with E-state index in [1.165, 1.54) is 28.3 Å². The summed E-state index contributed by atoms with van der Waals surface area (Å²) in [6, 6.07) is 7.46. The SMILES string of the molecule is CCc1ccc(NC(=O)C(C)OC(=O)c2c(Br)c(OC)c(OC)c(OC)c2Br)cc1. The standard InChI is InChI=1S/C21H23Br2NO6/c1-6-12-7-9-13(10-8-12)24-20(25)11(2)30-21(26)14-15(22)17(27-3)19(29-5)18(28-4)16(14)23/h7-11H,6H2,1-5H3,(H,24,25). The van der Waals surface area contributed by atoms with Crippen LogP contribution in [0.3, 0.4) is 0 Å². The van der Waals surface area contributed by atoms with Crippen LogP contribution in [0.2, 0.25) is 0 Å². The van der Waals surface area contributed by atoms with E-state index in [-0.39, 0.29) is 17.1 Å². The van der Waals surface area contributed by atoms with E-state index >= 15 is 0 Å². The van der Waals surface area contributed by atoms with Crippen molar-refractivity contribution < 1.29 is 28.5 Å². The van der Waals surface area contributed by atoms with Gasteiger partial charge in [-0.15, -0.1) is 0 Å². The van der Waals surface area contributed by atoms with Gasteiger partial charge in [0.1, 0.15) is 0 Å². The van der Waals surface area contributed by atoms with Crippen LogP contribution in [0.4, 0.5) is 5.69 Å². The first-order valence-electron chi connectivity index (χ1n) is 9.06. The van der Waals surface area contributed by atoms with Crippen LogP contribution in [0.25, 0.3) is 0 Å². The Bertz CT molecular complexity index is 899. The number of halogens is 2. The largest absolute Gasteiger partial charge is 0.492 e. The van der Waals surface area contributed by atoms with Gasteiger partial charge in [-0.1, -0.05) is 19.1 Å². The summed E-state index contributed by atoms with van der Waals surface area (Å²) in [6.07, 6.45) is -0.137. The molecule has 1 N–H and O–H groups in total. The molecule has 0 aliphatic rings. The van der Waals surface area contributed by atoms with E-state index < -0.39 is 18.0 Å². The third-order valence-corrected chi connectivity index (χ3v) is 5.86. The molecule has 0 aliphatic carbocycles. The van der Waals surface area contributed by atoms with Crippen LogP contribution in [0.1, 0.15) is 29.8 Å². The highest BCUT2D eigenvalue weighted by atomic mass is 79.9. The average molecular weight is 545 g/mol. The number of hydrogen-bond donors (Lipinski definition) is 1. The van der Waals surface area contributed by atoms with Crippen LogP contribution in [-0.4, -0.2) is 39.3 Å². The lowest BCUT2D eigenvalue weighted by molar-refractivity contribution is -0.123. The summed E-state index contributed by atoms with van der Waals surface area (Å²) in [7, 11) is 4.33. The summed E-state index contributed by atoms with van der Waals surface area (Å²) in [5.74, 6) is -0.365. The van der Waals surface area contributed by atoms with E-state index in [0.29, 0.717) is 20.4 Å². The number of hydrogen-bond acceptors (Lipinski definition) is 6. The van der Waals surface area contributed by atoms with Crippen molar-refractivity contribution in [2.24, 2.45) is 0 Å². The number of carbonyl (C=O) groups is 2. The lowest BCUT2D eigenvalue weighted by atomic mass is 10.1. The van der Waals surface area contributed by atoms with Crippen LogP contribution >= 0.6 is 31.9 Å². The van der Waals surface area contributed by atoms with Gasteiger partial charge in [-0.2, -0.15) is 0 Å². The molecule has 30 heavy (non-hydrogen) atoms. The Kier molecular flexibility index (Phi) is 8.54. The van der Waals surface area contributed by atoms with E-state index in [2.05, 4.69) is 44.1 Å². The Labute approximate surface area is 192 Å². The molecule has 9 heteroatoms. The van der Waals surface area contributed by atoms with E-state index in [1.54, 1.807) is 12.1 Å². The van der Waals surface area contributed by atoms with Crippen LogP contribution < -0.4 is 19.5 Å². The predicted molar refractivity (Wildman–Crippen MR) is 121 cm³/mol. The second-order valence-corrected chi connectivity index (χ2v) is 7.78. The Hall–Kier alpha value is -2.26. The quantitative estimate of drug-likeness (QED) is 0.472. The number of rotatable bonds is 8. The predicted octanol–water partition coefficient (Wildman–Crippen LogP) is 4.98. The van der Waals surface area contributed by atoms with Crippen molar-refractivity contribution in [2.75, 3.05) is 26.6 Å². The summed E-state index contributed by atoms with van der Waals surface area (Å²) in [6.45, 7) is 3.54. The van der Waals surface area contributed by atoms with Crippen LogP contribution in [-0.2, 0) is 16.0 Å². The van der Waals surface area contributed by atoms with Crippen LogP contribution in [0.5, 0.6) is 17.2 Å². The van der Waals surface area contributed by atoms with Crippen LogP contribution in [0, 0.1) is 0 Å². The molecule has 1 amide bonds. The molecule has 1 atom stereocenters. The summed E-state index contributed by atoms with van der Waals surface area (Å²) >= 11 is 6.70. The fourth-order valence-corrected chi connectivity index (χ4v) is 4.37. The lowest BCUT2D eigenvalue weighted by Crippen LogP contribution is -2.30. The number of aryl methyl sites for hydroxylation is 1. The summed E-state index contributed by atoms with van der Waals surface area (Å²) in [5.41, 5.74) is 1.89. The van der Waals surface area contributed by atoms with Gasteiger partial charge < -0.3 is 24.3 Å². The molecule has 2 rings (SSSR count). The summed E-state index contributed by atoms with van der Waals surface area (Å²) in [4.78, 5) is 25.3. The van der Waals surface area contributed by atoms with Gasteiger partial charge >= 0.3 is 5.97 Å². The number of carbonyl (C=O) groups excluding carboxylic acids is 2. The molecule has 7 nitrogen and oxygen atoms in total. The lowest BCUT2D eigenvalue weighted by Gasteiger charge is -2.19. The zero-order chi connectivity index (χ0) is 22.4. The number of anilines is 1. The molecule has 0 aliphatic heterocycles. The normalized spacial score (nSPS) is 11.4. The fourth-order valence-electron chi connectivity index (χ4n) is 2.70. The van der Waals surface area contributed by atoms with Gasteiger partial charge in [0.05, 0.1) is 35.8 Å². The van der Waals surface area contributed by atoms with Crippen molar-refractivity contribution in [1.29, 1.82) is 0 Å². The molecule has 1 unspecified atom stereocenters. The average Bonchev–Trinajstić information content (AvgIpc) is 2.73. The third kappa shape index (κ3) is 5.07. The van der Waals surface area contributed by atoms with Gasteiger partial charge in [0.15, 0.2) is 17.6 Å². The van der Waals surface area contributed by atoms with E-state index in [0.717, 1.165) is 12.0 Å². The number of nitrogens with one attached hydrogen (secondary N) is 1. The molecule has 0 spiro atoms. The van der Waals surface area contributed by atoms with Gasteiger partial charge in [-0.25, -0.2) is 4.79 Å². The highest BCUT2D eigenvalue weighted by Gasteiger charge is 2.30. The van der Waals surface area contributed by atoms with E-state index in [9.17, 15) is 9.59 Å². The van der Waals surface area contributed by atoms with Crippen molar-refractivity contribution in [1.82, 2.24) is 0 Å². The highest BCUT2D eigenvalue weighted by Crippen LogP contribution is 2.50. The number of esters is 1. The molecular weight excluding hydrogens is 522 g/mol.